The summed E-state index contributed by atoms with van der Waals surface area (Å²) in [5, 5.41) is 14.9. The molecular formula is C16H12ClNO. The van der Waals surface area contributed by atoms with E-state index in [2.05, 4.69) is 0 Å². The van der Waals surface area contributed by atoms with Gasteiger partial charge in [-0.05, 0) is 23.6 Å². The van der Waals surface area contributed by atoms with Gasteiger partial charge in [-0.25, -0.2) is 0 Å². The van der Waals surface area contributed by atoms with Crippen LogP contribution in [0.4, 0.5) is 0 Å². The maximum absolute atomic E-state index is 12.4. The molecule has 3 aromatic rings. The zero-order chi connectivity index (χ0) is 13.4. The van der Waals surface area contributed by atoms with E-state index >= 15 is 0 Å². The molecule has 94 valence electrons. The highest BCUT2D eigenvalue weighted by Gasteiger charge is 2.18. The molecule has 0 aliphatic rings. The Morgan fingerprint density at radius 2 is 1.68 bits per heavy atom. The fourth-order valence-electron chi connectivity index (χ4n) is 2.32. The van der Waals surface area contributed by atoms with Gasteiger partial charge in [0.2, 0.25) is 5.69 Å². The molecule has 0 fully saturated rings. The Morgan fingerprint density at radius 3 is 2.47 bits per heavy atom. The van der Waals surface area contributed by atoms with Gasteiger partial charge in [-0.1, -0.05) is 41.9 Å². The molecule has 0 unspecified atom stereocenters. The first-order chi connectivity index (χ1) is 9.18. The highest BCUT2D eigenvalue weighted by atomic mass is 35.5. The van der Waals surface area contributed by atoms with Gasteiger partial charge in [0.15, 0.2) is 5.69 Å². The Hall–Kier alpha value is -2.06. The van der Waals surface area contributed by atoms with Crippen LogP contribution < -0.4 is 4.73 Å². The molecule has 3 rings (SSSR count). The maximum atomic E-state index is 12.4. The summed E-state index contributed by atoms with van der Waals surface area (Å²) < 4.78 is 0.948. The summed E-state index contributed by atoms with van der Waals surface area (Å²) in [5.41, 5.74) is 2.04. The van der Waals surface area contributed by atoms with Gasteiger partial charge >= 0.3 is 0 Å². The number of rotatable bonds is 1. The molecule has 0 N–H and O–H groups in total. The third kappa shape index (κ3) is 1.94. The van der Waals surface area contributed by atoms with E-state index in [9.17, 15) is 5.21 Å². The Kier molecular flexibility index (Phi) is 2.88. The molecule has 0 saturated heterocycles. The van der Waals surface area contributed by atoms with Gasteiger partial charge in [-0.15, -0.1) is 0 Å². The zero-order valence-corrected chi connectivity index (χ0v) is 11.2. The number of nitrogens with zero attached hydrogens (tertiary/aromatic N) is 1. The lowest BCUT2D eigenvalue weighted by atomic mass is 10.0. The number of halogens is 1. The highest BCUT2D eigenvalue weighted by Crippen LogP contribution is 2.31. The Morgan fingerprint density at radius 1 is 1.00 bits per heavy atom. The first-order valence-electron chi connectivity index (χ1n) is 6.05. The predicted molar refractivity (Wildman–Crippen MR) is 78.1 cm³/mol. The standard InChI is InChI=1S/C16H12ClNO/c1-11-10-12-6-2-3-7-13(12)16(18(11)19)14-8-4-5-9-15(14)17/h2-10H,1H3. The summed E-state index contributed by atoms with van der Waals surface area (Å²) in [6, 6.07) is 17.2. The molecule has 0 aliphatic heterocycles. The van der Waals surface area contributed by atoms with Crippen LogP contribution in [-0.2, 0) is 0 Å². The Bertz CT molecular complexity index is 768. The highest BCUT2D eigenvalue weighted by molar-refractivity contribution is 6.33. The molecule has 0 aliphatic carbocycles. The number of aromatic nitrogens is 1. The number of hydrogen-bond acceptors (Lipinski definition) is 1. The molecule has 0 saturated carbocycles. The second-order valence-electron chi connectivity index (χ2n) is 4.50. The normalized spacial score (nSPS) is 10.8. The summed E-state index contributed by atoms with van der Waals surface area (Å²) in [6.45, 7) is 1.81. The van der Waals surface area contributed by atoms with Crippen molar-refractivity contribution in [3.8, 4) is 11.3 Å². The van der Waals surface area contributed by atoms with Gasteiger partial charge in [0.05, 0.1) is 16.0 Å². The van der Waals surface area contributed by atoms with Crippen molar-refractivity contribution in [1.82, 2.24) is 0 Å². The van der Waals surface area contributed by atoms with Crippen molar-refractivity contribution < 1.29 is 4.73 Å². The van der Waals surface area contributed by atoms with Crippen LogP contribution in [0.15, 0.2) is 54.6 Å². The van der Waals surface area contributed by atoms with Crippen molar-refractivity contribution in [2.24, 2.45) is 0 Å². The predicted octanol–water partition coefficient (Wildman–Crippen LogP) is 4.10. The van der Waals surface area contributed by atoms with Gasteiger partial charge < -0.3 is 5.21 Å². The summed E-state index contributed by atoms with van der Waals surface area (Å²) in [7, 11) is 0. The molecular weight excluding hydrogens is 258 g/mol. The minimum absolute atomic E-state index is 0.586. The largest absolute Gasteiger partial charge is 0.618 e. The average molecular weight is 270 g/mol. The SMILES string of the molecule is Cc1cc2ccccc2c(-c2ccccc2Cl)[n+]1[O-]. The smallest absolute Gasteiger partial charge is 0.233 e. The van der Waals surface area contributed by atoms with Crippen LogP contribution in [0.5, 0.6) is 0 Å². The summed E-state index contributed by atoms with van der Waals surface area (Å²) in [4.78, 5) is 0. The second-order valence-corrected chi connectivity index (χ2v) is 4.90. The fraction of sp³-hybridized carbons (Fsp3) is 0.0625. The topological polar surface area (TPSA) is 26.9 Å². The molecule has 0 spiro atoms. The quantitative estimate of drug-likeness (QED) is 0.483. The third-order valence-electron chi connectivity index (χ3n) is 3.23. The molecule has 2 aromatic carbocycles. The second kappa shape index (κ2) is 4.56. The van der Waals surface area contributed by atoms with Crippen molar-refractivity contribution in [3.63, 3.8) is 0 Å². The first-order valence-corrected chi connectivity index (χ1v) is 6.43. The van der Waals surface area contributed by atoms with E-state index in [1.807, 2.05) is 48.5 Å². The fourth-order valence-corrected chi connectivity index (χ4v) is 2.54. The maximum Gasteiger partial charge on any atom is 0.233 e. The van der Waals surface area contributed by atoms with Crippen LogP contribution in [0.1, 0.15) is 5.69 Å². The van der Waals surface area contributed by atoms with E-state index in [4.69, 9.17) is 11.6 Å². The molecule has 1 aromatic heterocycles. The van der Waals surface area contributed by atoms with E-state index in [0.29, 0.717) is 16.4 Å². The minimum Gasteiger partial charge on any atom is -0.618 e. The lowest BCUT2D eigenvalue weighted by molar-refractivity contribution is -0.599. The summed E-state index contributed by atoms with van der Waals surface area (Å²) in [5.74, 6) is 0. The van der Waals surface area contributed by atoms with Crippen LogP contribution in [-0.4, -0.2) is 0 Å². The van der Waals surface area contributed by atoms with Crippen LogP contribution in [0.25, 0.3) is 22.0 Å². The minimum atomic E-state index is 0.586. The number of benzene rings is 2. The number of pyridine rings is 1. The van der Waals surface area contributed by atoms with E-state index < -0.39 is 0 Å². The molecule has 2 nitrogen and oxygen atoms in total. The number of hydrogen-bond donors (Lipinski definition) is 0. The Labute approximate surface area is 116 Å². The van der Waals surface area contributed by atoms with E-state index in [-0.39, 0.29) is 0 Å². The summed E-state index contributed by atoms with van der Waals surface area (Å²) in [6.07, 6.45) is 0. The first kappa shape index (κ1) is 12.0. The van der Waals surface area contributed by atoms with E-state index in [0.717, 1.165) is 21.1 Å². The Balaban J connectivity index is 2.46. The van der Waals surface area contributed by atoms with Crippen LogP contribution >= 0.6 is 11.6 Å². The molecule has 3 heteroatoms. The summed E-state index contributed by atoms with van der Waals surface area (Å²) >= 11 is 6.23. The molecule has 0 atom stereocenters. The zero-order valence-electron chi connectivity index (χ0n) is 10.4. The van der Waals surface area contributed by atoms with E-state index in [1.165, 1.54) is 0 Å². The molecule has 1 heterocycles. The molecule has 0 radical (unpaired) electrons. The van der Waals surface area contributed by atoms with Gasteiger partial charge in [0.1, 0.15) is 0 Å². The lowest BCUT2D eigenvalue weighted by Crippen LogP contribution is -2.33. The van der Waals surface area contributed by atoms with Crippen LogP contribution in [0.2, 0.25) is 5.02 Å². The van der Waals surface area contributed by atoms with E-state index in [1.54, 1.807) is 13.0 Å². The van der Waals surface area contributed by atoms with Gasteiger partial charge in [-0.2, -0.15) is 4.73 Å². The number of fused-ring (bicyclic) bond motifs is 1. The molecule has 19 heavy (non-hydrogen) atoms. The van der Waals surface area contributed by atoms with Crippen molar-refractivity contribution in [2.45, 2.75) is 6.92 Å². The lowest BCUT2D eigenvalue weighted by Gasteiger charge is -2.11. The monoisotopic (exact) mass is 269 g/mol. The average Bonchev–Trinajstić information content (AvgIpc) is 2.42. The molecule has 0 amide bonds. The van der Waals surface area contributed by atoms with Crippen LogP contribution in [0, 0.1) is 12.1 Å². The van der Waals surface area contributed by atoms with Gasteiger partial charge in [0.25, 0.3) is 0 Å². The van der Waals surface area contributed by atoms with Crippen LogP contribution in [0.3, 0.4) is 0 Å². The third-order valence-corrected chi connectivity index (χ3v) is 3.56. The number of aryl methyl sites for hydroxylation is 1. The van der Waals surface area contributed by atoms with Crippen molar-refractivity contribution in [1.29, 1.82) is 0 Å². The van der Waals surface area contributed by atoms with Gasteiger partial charge in [0, 0.05) is 13.0 Å². The van der Waals surface area contributed by atoms with Crippen molar-refractivity contribution in [3.05, 3.63) is 70.5 Å². The van der Waals surface area contributed by atoms with Crippen molar-refractivity contribution in [2.75, 3.05) is 0 Å². The van der Waals surface area contributed by atoms with Crippen molar-refractivity contribution >= 4 is 22.4 Å². The molecule has 0 bridgehead atoms. The van der Waals surface area contributed by atoms with Gasteiger partial charge in [-0.3, -0.25) is 0 Å².